The minimum Gasteiger partial charge on any atom is -0.376 e. The van der Waals surface area contributed by atoms with Crippen LogP contribution in [-0.2, 0) is 22.0 Å². The van der Waals surface area contributed by atoms with Gasteiger partial charge in [-0.15, -0.1) is 0 Å². The first kappa shape index (κ1) is 28.9. The van der Waals surface area contributed by atoms with Gasteiger partial charge >= 0.3 is 15.5 Å². The topological polar surface area (TPSA) is 75.4 Å². The number of rotatable bonds is 6. The van der Waals surface area contributed by atoms with Crippen LogP contribution in [0.1, 0.15) is 48.3 Å². The average Bonchev–Trinajstić information content (AvgIpc) is 3.31. The molecule has 212 valence electrons. The quantitative estimate of drug-likeness (QED) is 0.247. The number of hydrogen-bond acceptors (Lipinski definition) is 4. The van der Waals surface area contributed by atoms with Gasteiger partial charge in [0, 0.05) is 35.6 Å². The van der Waals surface area contributed by atoms with Crippen molar-refractivity contribution in [1.29, 1.82) is 0 Å². The zero-order chi connectivity index (χ0) is 28.9. The molecule has 1 fully saturated rings. The normalized spacial score (nSPS) is 16.1. The van der Waals surface area contributed by atoms with Crippen LogP contribution in [0.3, 0.4) is 0 Å². The fourth-order valence-electron chi connectivity index (χ4n) is 5.39. The molecule has 12 heteroatoms. The van der Waals surface area contributed by atoms with Gasteiger partial charge in [0.25, 0.3) is 0 Å². The molecular weight excluding hydrogens is 586 g/mol. The fraction of sp³-hybridized carbons (Fsp3) is 0.321. The molecule has 1 saturated heterocycles. The summed E-state index contributed by atoms with van der Waals surface area (Å²) < 4.78 is 65.7. The van der Waals surface area contributed by atoms with Gasteiger partial charge in [0.05, 0.1) is 11.0 Å². The van der Waals surface area contributed by atoms with E-state index in [0.717, 1.165) is 5.82 Å². The molecule has 5 rings (SSSR count). The summed E-state index contributed by atoms with van der Waals surface area (Å²) >= 11 is 12.3. The number of piperidine rings is 1. The highest BCUT2D eigenvalue weighted by Gasteiger charge is 2.50. The second-order valence-corrected chi connectivity index (χ2v) is 12.6. The molecule has 1 aliphatic heterocycles. The van der Waals surface area contributed by atoms with Gasteiger partial charge in [-0.3, -0.25) is 0 Å². The number of fused-ring (bicyclic) bond motifs is 1. The van der Waals surface area contributed by atoms with Crippen molar-refractivity contribution in [1.82, 2.24) is 13.9 Å². The zero-order valence-corrected chi connectivity index (χ0v) is 23.7. The lowest BCUT2D eigenvalue weighted by atomic mass is 9.80. The molecule has 0 saturated carbocycles. The van der Waals surface area contributed by atoms with E-state index in [1.165, 1.54) is 0 Å². The Balaban J connectivity index is 1.59. The number of aryl methyl sites for hydroxylation is 1. The molecule has 1 aliphatic rings. The van der Waals surface area contributed by atoms with Crippen LogP contribution in [0, 0.1) is 0 Å². The maximum absolute atomic E-state index is 13.1. The van der Waals surface area contributed by atoms with Crippen molar-refractivity contribution in [2.45, 2.75) is 43.3 Å². The van der Waals surface area contributed by atoms with E-state index in [0.29, 0.717) is 48.5 Å². The van der Waals surface area contributed by atoms with Crippen LogP contribution in [0.5, 0.6) is 0 Å². The largest absolute Gasteiger partial charge is 0.511 e. The predicted molar refractivity (Wildman–Crippen MR) is 149 cm³/mol. The number of sulfonamides is 1. The Kier molecular flexibility index (Phi) is 7.69. The number of aliphatic hydroxyl groups is 1. The Bertz CT molecular complexity index is 1590. The maximum Gasteiger partial charge on any atom is 0.511 e. The van der Waals surface area contributed by atoms with E-state index in [2.05, 4.69) is 0 Å². The Morgan fingerprint density at radius 2 is 1.40 bits per heavy atom. The molecular formula is C28H26Cl2F3N3O3S. The lowest BCUT2D eigenvalue weighted by Gasteiger charge is -2.33. The first-order chi connectivity index (χ1) is 18.9. The molecule has 3 aromatic carbocycles. The van der Waals surface area contributed by atoms with Gasteiger partial charge in [0.15, 0.2) is 0 Å². The third-order valence-electron chi connectivity index (χ3n) is 7.44. The van der Waals surface area contributed by atoms with E-state index < -0.39 is 21.1 Å². The van der Waals surface area contributed by atoms with Crippen molar-refractivity contribution in [3.05, 3.63) is 99.3 Å². The first-order valence-electron chi connectivity index (χ1n) is 12.7. The van der Waals surface area contributed by atoms with Crippen molar-refractivity contribution < 1.29 is 26.7 Å². The summed E-state index contributed by atoms with van der Waals surface area (Å²) in [5.74, 6) is 0.728. The van der Waals surface area contributed by atoms with Gasteiger partial charge in [-0.1, -0.05) is 60.5 Å². The number of hydrogen-bond donors (Lipinski definition) is 1. The van der Waals surface area contributed by atoms with Crippen LogP contribution in [0.25, 0.3) is 11.0 Å². The van der Waals surface area contributed by atoms with E-state index in [1.807, 2.05) is 17.6 Å². The highest BCUT2D eigenvalue weighted by Crippen LogP contribution is 2.40. The highest BCUT2D eigenvalue weighted by molar-refractivity contribution is 7.90. The molecule has 0 bridgehead atoms. The summed E-state index contributed by atoms with van der Waals surface area (Å²) in [6.07, 6.45) is 0.941. The van der Waals surface area contributed by atoms with E-state index >= 15 is 0 Å². The van der Waals surface area contributed by atoms with Gasteiger partial charge in [-0.25, -0.2) is 13.4 Å². The summed E-state index contributed by atoms with van der Waals surface area (Å²) in [5, 5.41) is 13.4. The van der Waals surface area contributed by atoms with Gasteiger partial charge in [-0.2, -0.15) is 17.5 Å². The molecule has 1 aromatic heterocycles. The molecule has 40 heavy (non-hydrogen) atoms. The number of nitrogens with zero attached hydrogens (tertiary/aromatic N) is 3. The number of halogens is 5. The maximum atomic E-state index is 13.1. The molecule has 0 atom stereocenters. The van der Waals surface area contributed by atoms with Crippen LogP contribution in [0.15, 0.2) is 66.7 Å². The monoisotopic (exact) mass is 611 g/mol. The van der Waals surface area contributed by atoms with Gasteiger partial charge in [0.1, 0.15) is 11.4 Å². The zero-order valence-electron chi connectivity index (χ0n) is 21.4. The minimum atomic E-state index is -5.39. The molecule has 4 aromatic rings. The van der Waals surface area contributed by atoms with Gasteiger partial charge in [-0.05, 0) is 65.9 Å². The number of imidazole rings is 1. The van der Waals surface area contributed by atoms with Crippen LogP contribution in [0.4, 0.5) is 13.2 Å². The van der Waals surface area contributed by atoms with E-state index in [-0.39, 0.29) is 32.0 Å². The van der Waals surface area contributed by atoms with Gasteiger partial charge < -0.3 is 9.67 Å². The molecule has 6 nitrogen and oxygen atoms in total. The second kappa shape index (κ2) is 10.6. The molecule has 0 amide bonds. The van der Waals surface area contributed by atoms with Crippen molar-refractivity contribution in [2.24, 2.45) is 0 Å². The first-order valence-corrected chi connectivity index (χ1v) is 14.9. The summed E-state index contributed by atoms with van der Waals surface area (Å²) in [7, 11) is -5.39. The van der Waals surface area contributed by atoms with E-state index in [9.17, 15) is 26.7 Å². The number of aromatic nitrogens is 2. The van der Waals surface area contributed by atoms with Crippen LogP contribution in [-0.4, -0.2) is 46.0 Å². The Hall–Kier alpha value is -2.63. The summed E-state index contributed by atoms with van der Waals surface area (Å²) in [6.45, 7) is 1.42. The molecule has 1 N–H and O–H groups in total. The van der Waals surface area contributed by atoms with Crippen LogP contribution in [0.2, 0.25) is 10.0 Å². The molecule has 0 unspecified atom stereocenters. The minimum absolute atomic E-state index is 0.191. The predicted octanol–water partition coefficient (Wildman–Crippen LogP) is 6.68. The average molecular weight is 613 g/mol. The molecule has 0 radical (unpaired) electrons. The Morgan fingerprint density at radius 1 is 0.900 bits per heavy atom. The third kappa shape index (κ3) is 5.00. The van der Waals surface area contributed by atoms with Crippen molar-refractivity contribution in [2.75, 3.05) is 13.1 Å². The number of alkyl halides is 3. The molecule has 0 spiro atoms. The number of benzene rings is 3. The van der Waals surface area contributed by atoms with Crippen LogP contribution < -0.4 is 0 Å². The standard InChI is InChI=1S/C28H26Cl2F3N3O3S/c1-2-26-34-24-12-7-20(27(37,18-3-8-21(29)9-4-18)19-5-10-22(30)11-6-19)17-25(24)36(26)23-13-15-35(16-14-23)40(38,39)28(31,32)33/h3-12,17,23,37H,2,13-16H2,1H3. The van der Waals surface area contributed by atoms with E-state index in [1.54, 1.807) is 60.7 Å². The third-order valence-corrected chi connectivity index (χ3v) is 9.58. The fourth-order valence-corrected chi connectivity index (χ4v) is 6.63. The van der Waals surface area contributed by atoms with Gasteiger partial charge in [0.2, 0.25) is 0 Å². The lowest BCUT2D eigenvalue weighted by molar-refractivity contribution is -0.0496. The summed E-state index contributed by atoms with van der Waals surface area (Å²) in [5.41, 5.74) is -3.86. The summed E-state index contributed by atoms with van der Waals surface area (Å²) in [6, 6.07) is 18.9. The lowest BCUT2D eigenvalue weighted by Crippen LogP contribution is -2.45. The molecule has 0 aliphatic carbocycles. The highest BCUT2D eigenvalue weighted by atomic mass is 35.5. The summed E-state index contributed by atoms with van der Waals surface area (Å²) in [4.78, 5) is 4.74. The smallest absolute Gasteiger partial charge is 0.376 e. The van der Waals surface area contributed by atoms with Crippen molar-refractivity contribution >= 4 is 44.3 Å². The Morgan fingerprint density at radius 3 is 1.88 bits per heavy atom. The second-order valence-electron chi connectivity index (χ2n) is 9.76. The Labute approximate surface area is 240 Å². The molecule has 2 heterocycles. The van der Waals surface area contributed by atoms with Crippen molar-refractivity contribution in [3.63, 3.8) is 0 Å². The van der Waals surface area contributed by atoms with E-state index in [4.69, 9.17) is 28.2 Å². The van der Waals surface area contributed by atoms with Crippen LogP contribution >= 0.6 is 23.2 Å². The van der Waals surface area contributed by atoms with Crippen molar-refractivity contribution in [3.8, 4) is 0 Å². The SMILES string of the molecule is CCc1nc2ccc(C(O)(c3ccc(Cl)cc3)c3ccc(Cl)cc3)cc2n1C1CCN(S(=O)(=O)C(F)(F)F)CC1.